The number of rotatable bonds is 8. The Hall–Kier alpha value is -3.57. The number of ether oxygens (including phenoxy) is 2. The maximum atomic E-state index is 13.0. The molecular formula is C24H26N6O4S. The summed E-state index contributed by atoms with van der Waals surface area (Å²) in [6, 6.07) is 12.9. The molecule has 182 valence electrons. The second kappa shape index (κ2) is 9.96. The SMILES string of the molecule is COc1ccc(-c2nnc(S[C@@H](C)C(=O)Nc3ccc4[nH]c(=O)[nH]c4c3)n2C[C@H]2CCCO2)cc1. The van der Waals surface area contributed by atoms with Gasteiger partial charge in [-0.3, -0.25) is 9.36 Å². The largest absolute Gasteiger partial charge is 0.497 e. The molecule has 3 heterocycles. The van der Waals surface area contributed by atoms with E-state index in [-0.39, 0.29) is 17.7 Å². The monoisotopic (exact) mass is 494 g/mol. The molecule has 11 heteroatoms. The third-order valence-corrected chi connectivity index (χ3v) is 6.99. The Balaban J connectivity index is 1.35. The zero-order valence-electron chi connectivity index (χ0n) is 19.4. The quantitative estimate of drug-likeness (QED) is 0.320. The highest BCUT2D eigenvalue weighted by atomic mass is 32.2. The normalized spacial score (nSPS) is 16.5. The van der Waals surface area contributed by atoms with Crippen molar-refractivity contribution in [2.45, 2.75) is 42.8 Å². The Morgan fingerprint density at radius 1 is 1.23 bits per heavy atom. The van der Waals surface area contributed by atoms with Crippen LogP contribution in [-0.2, 0) is 16.1 Å². The van der Waals surface area contributed by atoms with Crippen LogP contribution in [0.3, 0.4) is 0 Å². The van der Waals surface area contributed by atoms with Crippen molar-refractivity contribution in [1.82, 2.24) is 24.7 Å². The summed E-state index contributed by atoms with van der Waals surface area (Å²) in [5.41, 5.74) is 2.54. The Kier molecular flexibility index (Phi) is 6.60. The lowest BCUT2D eigenvalue weighted by atomic mass is 10.2. The smallest absolute Gasteiger partial charge is 0.323 e. The number of methoxy groups -OCH3 is 1. The number of amides is 1. The van der Waals surface area contributed by atoms with Crippen LogP contribution in [0.2, 0.25) is 0 Å². The number of carbonyl (C=O) groups excluding carboxylic acids is 1. The second-order valence-electron chi connectivity index (χ2n) is 8.37. The van der Waals surface area contributed by atoms with Gasteiger partial charge in [0.2, 0.25) is 5.91 Å². The van der Waals surface area contributed by atoms with E-state index in [1.807, 2.05) is 35.8 Å². The van der Waals surface area contributed by atoms with Gasteiger partial charge in [-0.1, -0.05) is 11.8 Å². The number of nitrogens with one attached hydrogen (secondary N) is 3. The number of fused-ring (bicyclic) bond motifs is 1. The van der Waals surface area contributed by atoms with E-state index < -0.39 is 5.25 Å². The van der Waals surface area contributed by atoms with Crippen molar-refractivity contribution in [1.29, 1.82) is 0 Å². The molecule has 0 aliphatic carbocycles. The number of carbonyl (C=O) groups is 1. The molecular weight excluding hydrogens is 468 g/mol. The maximum Gasteiger partial charge on any atom is 0.323 e. The number of anilines is 1. The van der Waals surface area contributed by atoms with E-state index in [0.29, 0.717) is 28.4 Å². The van der Waals surface area contributed by atoms with E-state index in [0.717, 1.165) is 36.6 Å². The molecule has 1 aliphatic heterocycles. The summed E-state index contributed by atoms with van der Waals surface area (Å²) >= 11 is 1.34. The maximum absolute atomic E-state index is 13.0. The van der Waals surface area contributed by atoms with Gasteiger partial charge in [-0.2, -0.15) is 0 Å². The van der Waals surface area contributed by atoms with Crippen molar-refractivity contribution >= 4 is 34.4 Å². The predicted molar refractivity (Wildman–Crippen MR) is 134 cm³/mol. The van der Waals surface area contributed by atoms with E-state index in [9.17, 15) is 9.59 Å². The van der Waals surface area contributed by atoms with Crippen LogP contribution >= 0.6 is 11.8 Å². The molecule has 0 spiro atoms. The van der Waals surface area contributed by atoms with Crippen LogP contribution < -0.4 is 15.7 Å². The van der Waals surface area contributed by atoms with Crippen LogP contribution in [-0.4, -0.2) is 55.7 Å². The zero-order valence-corrected chi connectivity index (χ0v) is 20.2. The molecule has 2 aromatic heterocycles. The van der Waals surface area contributed by atoms with Crippen molar-refractivity contribution in [3.63, 3.8) is 0 Å². The number of benzene rings is 2. The first-order valence-electron chi connectivity index (χ1n) is 11.4. The van der Waals surface area contributed by atoms with Gasteiger partial charge in [-0.25, -0.2) is 4.79 Å². The lowest BCUT2D eigenvalue weighted by Gasteiger charge is -2.16. The van der Waals surface area contributed by atoms with Crippen LogP contribution in [0, 0.1) is 0 Å². The van der Waals surface area contributed by atoms with Crippen molar-refractivity contribution < 1.29 is 14.3 Å². The van der Waals surface area contributed by atoms with Crippen LogP contribution in [0.15, 0.2) is 52.4 Å². The van der Waals surface area contributed by atoms with Crippen LogP contribution in [0.4, 0.5) is 5.69 Å². The summed E-state index contributed by atoms with van der Waals surface area (Å²) in [4.78, 5) is 29.8. The lowest BCUT2D eigenvalue weighted by Crippen LogP contribution is -2.23. The van der Waals surface area contributed by atoms with Gasteiger partial charge in [0.05, 0.1) is 36.0 Å². The minimum atomic E-state index is -0.438. The number of imidazole rings is 1. The standard InChI is InChI=1S/C24H26N6O4S/c1-14(22(31)25-16-7-10-19-20(12-16)27-23(32)26-19)35-24-29-28-21(15-5-8-17(33-2)9-6-15)30(24)13-18-4-3-11-34-18/h5-10,12,14,18H,3-4,11,13H2,1-2H3,(H,25,31)(H2,26,27,32)/t14-,18+/m0/s1. The molecule has 0 saturated carbocycles. The van der Waals surface area contributed by atoms with Crippen LogP contribution in [0.1, 0.15) is 19.8 Å². The average molecular weight is 495 g/mol. The summed E-state index contributed by atoms with van der Waals surface area (Å²) in [7, 11) is 1.63. The molecule has 10 nitrogen and oxygen atoms in total. The van der Waals surface area contributed by atoms with Gasteiger partial charge in [0, 0.05) is 17.9 Å². The second-order valence-corrected chi connectivity index (χ2v) is 9.68. The highest BCUT2D eigenvalue weighted by molar-refractivity contribution is 8.00. The van der Waals surface area contributed by atoms with Gasteiger partial charge < -0.3 is 24.8 Å². The summed E-state index contributed by atoms with van der Waals surface area (Å²) in [6.07, 6.45) is 2.09. The van der Waals surface area contributed by atoms with Gasteiger partial charge >= 0.3 is 5.69 Å². The zero-order chi connectivity index (χ0) is 24.4. The number of hydrogen-bond donors (Lipinski definition) is 3. The molecule has 1 aliphatic rings. The lowest BCUT2D eigenvalue weighted by molar-refractivity contribution is -0.115. The number of H-pyrrole nitrogens is 2. The average Bonchev–Trinajstić information content (AvgIpc) is 3.59. The highest BCUT2D eigenvalue weighted by Crippen LogP contribution is 2.30. The Labute approximate surface area is 205 Å². The summed E-state index contributed by atoms with van der Waals surface area (Å²) in [5, 5.41) is 12.0. The fourth-order valence-corrected chi connectivity index (χ4v) is 4.91. The third kappa shape index (κ3) is 5.10. The van der Waals surface area contributed by atoms with E-state index in [1.54, 1.807) is 25.3 Å². The minimum Gasteiger partial charge on any atom is -0.497 e. The predicted octanol–water partition coefficient (Wildman–Crippen LogP) is 3.42. The minimum absolute atomic E-state index is 0.0849. The Bertz CT molecular complexity index is 1390. The van der Waals surface area contributed by atoms with Crippen LogP contribution in [0.25, 0.3) is 22.4 Å². The molecule has 2 aromatic carbocycles. The molecule has 4 aromatic rings. The molecule has 1 saturated heterocycles. The first-order chi connectivity index (χ1) is 17.0. The fraction of sp³-hybridized carbons (Fsp3) is 0.333. The summed E-state index contributed by atoms with van der Waals surface area (Å²) < 4.78 is 13.2. The van der Waals surface area contributed by atoms with Gasteiger partial charge in [-0.15, -0.1) is 10.2 Å². The van der Waals surface area contributed by atoms with Crippen molar-refractivity contribution in [3.05, 3.63) is 52.9 Å². The van der Waals surface area contributed by atoms with Crippen molar-refractivity contribution in [2.75, 3.05) is 19.0 Å². The number of aromatic amines is 2. The molecule has 2 atom stereocenters. The molecule has 3 N–H and O–H groups in total. The molecule has 0 unspecified atom stereocenters. The molecule has 1 amide bonds. The van der Waals surface area contributed by atoms with Gasteiger partial charge in [-0.05, 0) is 62.2 Å². The first-order valence-corrected chi connectivity index (χ1v) is 12.3. The van der Waals surface area contributed by atoms with Gasteiger partial charge in [0.1, 0.15) is 5.75 Å². The van der Waals surface area contributed by atoms with Gasteiger partial charge in [0.15, 0.2) is 11.0 Å². The number of nitrogens with zero attached hydrogens (tertiary/aromatic N) is 3. The van der Waals surface area contributed by atoms with E-state index in [4.69, 9.17) is 9.47 Å². The fourth-order valence-electron chi connectivity index (χ4n) is 4.05. The Morgan fingerprint density at radius 2 is 2.03 bits per heavy atom. The topological polar surface area (TPSA) is 127 Å². The summed E-state index contributed by atoms with van der Waals surface area (Å²) in [5.74, 6) is 1.31. The number of hydrogen-bond acceptors (Lipinski definition) is 7. The van der Waals surface area contributed by atoms with Crippen molar-refractivity contribution in [2.24, 2.45) is 0 Å². The first kappa shape index (κ1) is 23.2. The van der Waals surface area contributed by atoms with E-state index >= 15 is 0 Å². The van der Waals surface area contributed by atoms with E-state index in [2.05, 4.69) is 25.5 Å². The van der Waals surface area contributed by atoms with E-state index in [1.165, 1.54) is 11.8 Å². The summed E-state index contributed by atoms with van der Waals surface area (Å²) in [6.45, 7) is 3.19. The Morgan fingerprint density at radius 3 is 2.77 bits per heavy atom. The van der Waals surface area contributed by atoms with Crippen LogP contribution in [0.5, 0.6) is 5.75 Å². The molecule has 0 bridgehead atoms. The molecule has 1 fully saturated rings. The van der Waals surface area contributed by atoms with Gasteiger partial charge in [0.25, 0.3) is 0 Å². The molecule has 0 radical (unpaired) electrons. The molecule has 5 rings (SSSR count). The van der Waals surface area contributed by atoms with Crippen molar-refractivity contribution in [3.8, 4) is 17.1 Å². The third-order valence-electron chi connectivity index (χ3n) is 5.91. The highest BCUT2D eigenvalue weighted by Gasteiger charge is 2.25. The number of aromatic nitrogens is 5. The molecule has 35 heavy (non-hydrogen) atoms. The number of thioether (sulfide) groups is 1.